The molecule has 0 atom stereocenters. The van der Waals surface area contributed by atoms with Gasteiger partial charge in [-0.1, -0.05) is 6.92 Å². The Hall–Kier alpha value is -1.67. The van der Waals surface area contributed by atoms with Crippen molar-refractivity contribution in [1.82, 2.24) is 9.80 Å². The summed E-state index contributed by atoms with van der Waals surface area (Å²) in [5.41, 5.74) is 0. The molecule has 0 amide bonds. The number of carbonyl (C=O) groups excluding carboxylic acids is 2. The Labute approximate surface area is 131 Å². The van der Waals surface area contributed by atoms with Gasteiger partial charge in [-0.2, -0.15) is 0 Å². The Bertz CT molecular complexity index is 361. The van der Waals surface area contributed by atoms with Crippen LogP contribution >= 0.6 is 0 Å². The van der Waals surface area contributed by atoms with E-state index in [4.69, 9.17) is 14.6 Å². The van der Waals surface area contributed by atoms with Gasteiger partial charge >= 0.3 is 17.9 Å². The molecule has 0 spiro atoms. The molecule has 0 rings (SSSR count). The molecule has 128 valence electrons. The number of carboxylic acids is 1. The van der Waals surface area contributed by atoms with Crippen LogP contribution in [-0.2, 0) is 23.9 Å². The zero-order valence-electron chi connectivity index (χ0n) is 13.5. The summed E-state index contributed by atoms with van der Waals surface area (Å²) in [7, 11) is 0. The number of likely N-dealkylation sites (N-methyl/N-ethyl adjacent to an activating group) is 1. The molecule has 0 bridgehead atoms. The van der Waals surface area contributed by atoms with Crippen LogP contribution < -0.4 is 0 Å². The van der Waals surface area contributed by atoms with Gasteiger partial charge < -0.3 is 14.6 Å². The minimum absolute atomic E-state index is 0.0862. The van der Waals surface area contributed by atoms with Crippen molar-refractivity contribution >= 4 is 17.9 Å². The molecule has 0 unspecified atom stereocenters. The number of esters is 2. The van der Waals surface area contributed by atoms with Crippen LogP contribution in [0.25, 0.3) is 0 Å². The summed E-state index contributed by atoms with van der Waals surface area (Å²) in [6.45, 7) is 7.14. The Morgan fingerprint density at radius 3 is 1.68 bits per heavy atom. The summed E-state index contributed by atoms with van der Waals surface area (Å²) < 4.78 is 9.70. The lowest BCUT2D eigenvalue weighted by Gasteiger charge is -2.24. The molecule has 0 heterocycles. The minimum Gasteiger partial charge on any atom is -0.480 e. The first kappa shape index (κ1) is 20.3. The predicted molar refractivity (Wildman–Crippen MR) is 79.5 cm³/mol. The molecule has 0 aromatic rings. The number of ether oxygens (including phenoxy) is 2. The third-order valence-corrected chi connectivity index (χ3v) is 2.85. The van der Waals surface area contributed by atoms with E-state index in [2.05, 4.69) is 0 Å². The molecule has 0 aromatic heterocycles. The molecule has 0 fully saturated rings. The SMILES string of the molecule is CCOC(=O)CN(CC)CCN(CC(=O)O)CC(=O)OCC. The molecule has 0 radical (unpaired) electrons. The Morgan fingerprint density at radius 2 is 1.27 bits per heavy atom. The van der Waals surface area contributed by atoms with Gasteiger partial charge in [-0.25, -0.2) is 0 Å². The highest BCUT2D eigenvalue weighted by molar-refractivity contribution is 5.74. The lowest BCUT2D eigenvalue weighted by Crippen LogP contribution is -2.42. The van der Waals surface area contributed by atoms with Crippen molar-refractivity contribution in [3.05, 3.63) is 0 Å². The van der Waals surface area contributed by atoms with Crippen LogP contribution in [0.1, 0.15) is 20.8 Å². The molecule has 8 nitrogen and oxygen atoms in total. The number of nitrogens with zero attached hydrogens (tertiary/aromatic N) is 2. The van der Waals surface area contributed by atoms with Crippen LogP contribution in [0.4, 0.5) is 0 Å². The molecule has 0 aliphatic heterocycles. The fourth-order valence-corrected chi connectivity index (χ4v) is 1.82. The van der Waals surface area contributed by atoms with Crippen LogP contribution in [0.3, 0.4) is 0 Å². The van der Waals surface area contributed by atoms with Crippen LogP contribution in [0, 0.1) is 0 Å². The van der Waals surface area contributed by atoms with Crippen LogP contribution in [-0.4, -0.2) is 85.3 Å². The summed E-state index contributed by atoms with van der Waals surface area (Å²) in [5.74, 6) is -1.80. The summed E-state index contributed by atoms with van der Waals surface area (Å²) in [6, 6.07) is 0. The number of carboxylic acid groups (broad SMARTS) is 1. The summed E-state index contributed by atoms with van der Waals surface area (Å²) in [6.07, 6.45) is 0. The fraction of sp³-hybridized carbons (Fsp3) is 0.786. The molecule has 22 heavy (non-hydrogen) atoms. The van der Waals surface area contributed by atoms with E-state index in [0.717, 1.165) is 0 Å². The van der Waals surface area contributed by atoms with E-state index in [0.29, 0.717) is 26.2 Å². The van der Waals surface area contributed by atoms with Gasteiger partial charge in [-0.3, -0.25) is 24.2 Å². The highest BCUT2D eigenvalue weighted by atomic mass is 16.5. The van der Waals surface area contributed by atoms with Crippen molar-refractivity contribution in [2.75, 3.05) is 52.5 Å². The van der Waals surface area contributed by atoms with E-state index < -0.39 is 11.9 Å². The number of hydrogen-bond donors (Lipinski definition) is 1. The number of carbonyl (C=O) groups is 3. The van der Waals surface area contributed by atoms with E-state index >= 15 is 0 Å². The van der Waals surface area contributed by atoms with Crippen molar-refractivity contribution in [3.8, 4) is 0 Å². The zero-order valence-corrected chi connectivity index (χ0v) is 13.5. The maximum Gasteiger partial charge on any atom is 0.320 e. The molecule has 8 heteroatoms. The van der Waals surface area contributed by atoms with Crippen LogP contribution in [0.2, 0.25) is 0 Å². The molecule has 0 aliphatic carbocycles. The first-order chi connectivity index (χ1) is 10.4. The van der Waals surface area contributed by atoms with Gasteiger partial charge in [0.25, 0.3) is 0 Å². The van der Waals surface area contributed by atoms with Crippen molar-refractivity contribution in [3.63, 3.8) is 0 Å². The lowest BCUT2D eigenvalue weighted by atomic mass is 10.4. The molecule has 0 aromatic carbocycles. The minimum atomic E-state index is -1.02. The molecule has 0 saturated heterocycles. The quantitative estimate of drug-likeness (QED) is 0.495. The van der Waals surface area contributed by atoms with Gasteiger partial charge in [-0.05, 0) is 20.4 Å². The average Bonchev–Trinajstić information content (AvgIpc) is 2.43. The number of rotatable bonds is 12. The Balaban J connectivity index is 4.41. The van der Waals surface area contributed by atoms with Gasteiger partial charge in [0.1, 0.15) is 0 Å². The predicted octanol–water partition coefficient (Wildman–Crippen LogP) is -0.179. The second kappa shape index (κ2) is 11.9. The van der Waals surface area contributed by atoms with Gasteiger partial charge in [-0.15, -0.1) is 0 Å². The van der Waals surface area contributed by atoms with Crippen LogP contribution in [0.5, 0.6) is 0 Å². The molecule has 0 saturated carbocycles. The van der Waals surface area contributed by atoms with Crippen molar-refractivity contribution < 1.29 is 29.0 Å². The first-order valence-electron chi connectivity index (χ1n) is 7.40. The van der Waals surface area contributed by atoms with E-state index in [1.54, 1.807) is 13.8 Å². The van der Waals surface area contributed by atoms with E-state index in [1.165, 1.54) is 4.90 Å². The van der Waals surface area contributed by atoms with Gasteiger partial charge in [0.05, 0.1) is 32.8 Å². The van der Waals surface area contributed by atoms with Crippen molar-refractivity contribution in [2.24, 2.45) is 0 Å². The number of aliphatic carboxylic acids is 1. The summed E-state index contributed by atoms with van der Waals surface area (Å²) in [5, 5.41) is 8.88. The summed E-state index contributed by atoms with van der Waals surface area (Å²) in [4.78, 5) is 37.1. The van der Waals surface area contributed by atoms with Gasteiger partial charge in [0, 0.05) is 13.1 Å². The maximum atomic E-state index is 11.5. The average molecular weight is 318 g/mol. The van der Waals surface area contributed by atoms with Gasteiger partial charge in [0.2, 0.25) is 0 Å². The zero-order chi connectivity index (χ0) is 17.0. The molecule has 0 aliphatic rings. The monoisotopic (exact) mass is 318 g/mol. The standard InChI is InChI=1S/C14H26N2O6/c1-4-15(10-13(19)21-5-2)7-8-16(9-12(17)18)11-14(20)22-6-3/h4-11H2,1-3H3,(H,17,18). The first-order valence-corrected chi connectivity index (χ1v) is 7.40. The van der Waals surface area contributed by atoms with E-state index in [-0.39, 0.29) is 32.2 Å². The second-order valence-corrected chi connectivity index (χ2v) is 4.58. The number of hydrogen-bond acceptors (Lipinski definition) is 7. The molecule has 1 N–H and O–H groups in total. The van der Waals surface area contributed by atoms with Gasteiger partial charge in [0.15, 0.2) is 0 Å². The lowest BCUT2D eigenvalue weighted by molar-refractivity contribution is -0.147. The van der Waals surface area contributed by atoms with E-state index in [9.17, 15) is 14.4 Å². The Morgan fingerprint density at radius 1 is 0.818 bits per heavy atom. The largest absolute Gasteiger partial charge is 0.480 e. The topological polar surface area (TPSA) is 96.4 Å². The normalized spacial score (nSPS) is 10.8. The summed E-state index contributed by atoms with van der Waals surface area (Å²) >= 11 is 0. The smallest absolute Gasteiger partial charge is 0.320 e. The van der Waals surface area contributed by atoms with E-state index in [1.807, 2.05) is 11.8 Å². The third-order valence-electron chi connectivity index (χ3n) is 2.85. The Kier molecular flexibility index (Phi) is 11.0. The molecular weight excluding hydrogens is 292 g/mol. The maximum absolute atomic E-state index is 11.5. The highest BCUT2D eigenvalue weighted by Gasteiger charge is 2.17. The third kappa shape index (κ3) is 10.1. The van der Waals surface area contributed by atoms with Crippen molar-refractivity contribution in [2.45, 2.75) is 20.8 Å². The molecular formula is C14H26N2O6. The second-order valence-electron chi connectivity index (χ2n) is 4.58. The highest BCUT2D eigenvalue weighted by Crippen LogP contribution is 1.96. The van der Waals surface area contributed by atoms with Crippen molar-refractivity contribution in [1.29, 1.82) is 0 Å². The van der Waals surface area contributed by atoms with Crippen LogP contribution in [0.15, 0.2) is 0 Å². The fourth-order valence-electron chi connectivity index (χ4n) is 1.82.